The summed E-state index contributed by atoms with van der Waals surface area (Å²) in [6, 6.07) is 9.05. The molecule has 3 heterocycles. The summed E-state index contributed by atoms with van der Waals surface area (Å²) in [5.41, 5.74) is 2.49. The van der Waals surface area contributed by atoms with Gasteiger partial charge in [0.25, 0.3) is 0 Å². The molecule has 5 rings (SSSR count). The van der Waals surface area contributed by atoms with Crippen LogP contribution in [-0.2, 0) is 11.8 Å². The normalized spacial score (nSPS) is 17.5. The highest BCUT2D eigenvalue weighted by Gasteiger charge is 2.31. The fraction of sp³-hybridized carbons (Fsp3) is 0.280. The van der Waals surface area contributed by atoms with E-state index in [0.717, 1.165) is 18.4 Å². The molecule has 2 aromatic heterocycles. The number of aryl methyl sites for hydroxylation is 1. The number of aromatic nitrogens is 3. The highest BCUT2D eigenvalue weighted by molar-refractivity contribution is 5.88. The SMILES string of the molecule is CC(=O)Nc1cc(Oc2ccc3nc(OC4=CC(C5CC5)=CN(C)C4O)n(C)c3c2C#N)ccn1. The van der Waals surface area contributed by atoms with Gasteiger partial charge in [0.1, 0.15) is 28.9 Å². The van der Waals surface area contributed by atoms with Crippen molar-refractivity contribution in [1.29, 1.82) is 5.26 Å². The van der Waals surface area contributed by atoms with Crippen LogP contribution in [0.5, 0.6) is 17.5 Å². The molecule has 1 aliphatic heterocycles. The van der Waals surface area contributed by atoms with E-state index in [1.165, 1.54) is 13.1 Å². The molecular formula is C25H24N6O4. The van der Waals surface area contributed by atoms with Gasteiger partial charge in [-0.3, -0.25) is 9.36 Å². The molecule has 1 fully saturated rings. The van der Waals surface area contributed by atoms with E-state index in [9.17, 15) is 15.2 Å². The van der Waals surface area contributed by atoms with Crippen molar-refractivity contribution in [1.82, 2.24) is 19.4 Å². The van der Waals surface area contributed by atoms with E-state index in [-0.39, 0.29) is 17.5 Å². The van der Waals surface area contributed by atoms with Gasteiger partial charge in [-0.25, -0.2) is 4.98 Å². The summed E-state index contributed by atoms with van der Waals surface area (Å²) in [6.07, 6.45) is 6.64. The highest BCUT2D eigenvalue weighted by Crippen LogP contribution is 2.40. The lowest BCUT2D eigenvalue weighted by Crippen LogP contribution is -2.34. The molecule has 10 heteroatoms. The van der Waals surface area contributed by atoms with Crippen LogP contribution in [0.3, 0.4) is 0 Å². The maximum Gasteiger partial charge on any atom is 0.302 e. The largest absolute Gasteiger partial charge is 0.456 e. The molecule has 178 valence electrons. The van der Waals surface area contributed by atoms with Crippen LogP contribution in [0.25, 0.3) is 11.0 Å². The van der Waals surface area contributed by atoms with Gasteiger partial charge in [0.2, 0.25) is 5.91 Å². The molecule has 2 aliphatic rings. The molecule has 1 aromatic carbocycles. The minimum Gasteiger partial charge on any atom is -0.456 e. The quantitative estimate of drug-likeness (QED) is 0.559. The Balaban J connectivity index is 1.47. The Morgan fingerprint density at radius 2 is 2.06 bits per heavy atom. The van der Waals surface area contributed by atoms with Crippen LogP contribution in [0.15, 0.2) is 54.1 Å². The molecule has 1 saturated carbocycles. The van der Waals surface area contributed by atoms with Gasteiger partial charge in [-0.15, -0.1) is 0 Å². The molecule has 1 amide bonds. The first kappa shape index (κ1) is 22.4. The number of carbonyl (C=O) groups excluding carboxylic acids is 1. The first-order valence-electron chi connectivity index (χ1n) is 11.2. The Labute approximate surface area is 201 Å². The maximum absolute atomic E-state index is 11.3. The van der Waals surface area contributed by atoms with Crippen LogP contribution in [-0.4, -0.2) is 43.7 Å². The average molecular weight is 473 g/mol. The van der Waals surface area contributed by atoms with Gasteiger partial charge in [0.05, 0.1) is 11.0 Å². The van der Waals surface area contributed by atoms with Gasteiger partial charge in [0.15, 0.2) is 12.0 Å². The van der Waals surface area contributed by atoms with Crippen LogP contribution in [0, 0.1) is 17.2 Å². The lowest BCUT2D eigenvalue weighted by molar-refractivity contribution is -0.114. The van der Waals surface area contributed by atoms with Crippen LogP contribution in [0.1, 0.15) is 25.3 Å². The summed E-state index contributed by atoms with van der Waals surface area (Å²) in [4.78, 5) is 21.7. The Morgan fingerprint density at radius 3 is 2.77 bits per heavy atom. The van der Waals surface area contributed by atoms with Crippen molar-refractivity contribution in [2.24, 2.45) is 13.0 Å². The number of carbonyl (C=O) groups is 1. The van der Waals surface area contributed by atoms with Gasteiger partial charge in [0, 0.05) is 39.5 Å². The fourth-order valence-electron chi connectivity index (χ4n) is 4.01. The summed E-state index contributed by atoms with van der Waals surface area (Å²) < 4.78 is 13.7. The second-order valence-electron chi connectivity index (χ2n) is 8.62. The molecule has 1 aliphatic carbocycles. The predicted octanol–water partition coefficient (Wildman–Crippen LogP) is 3.41. The summed E-state index contributed by atoms with van der Waals surface area (Å²) in [7, 11) is 3.54. The highest BCUT2D eigenvalue weighted by atomic mass is 16.5. The first-order chi connectivity index (χ1) is 16.8. The summed E-state index contributed by atoms with van der Waals surface area (Å²) >= 11 is 0. The van der Waals surface area contributed by atoms with Crippen LogP contribution >= 0.6 is 0 Å². The number of aliphatic hydroxyl groups excluding tert-OH is 1. The van der Waals surface area contributed by atoms with Crippen molar-refractivity contribution in [3.8, 4) is 23.6 Å². The van der Waals surface area contributed by atoms with E-state index in [1.54, 1.807) is 47.8 Å². The van der Waals surface area contributed by atoms with Crippen molar-refractivity contribution in [2.75, 3.05) is 12.4 Å². The van der Waals surface area contributed by atoms with E-state index >= 15 is 0 Å². The van der Waals surface area contributed by atoms with Crippen molar-refractivity contribution < 1.29 is 19.4 Å². The van der Waals surface area contributed by atoms with E-state index in [4.69, 9.17) is 9.47 Å². The number of hydrogen-bond donors (Lipinski definition) is 2. The lowest BCUT2D eigenvalue weighted by Gasteiger charge is -2.28. The van der Waals surface area contributed by atoms with Gasteiger partial charge >= 0.3 is 6.01 Å². The standard InChI is InChI=1S/C25H24N6O4/c1-14(32)28-22-11-17(8-9-27-22)34-20-7-6-19-23(18(20)12-26)31(3)25(29-19)35-21-10-16(15-4-5-15)13-30(2)24(21)33/h6-11,13,15,24,33H,4-5H2,1-3H3,(H,27,28,32). The average Bonchev–Trinajstić information content (AvgIpc) is 3.62. The fourth-order valence-corrected chi connectivity index (χ4v) is 4.01. The number of amides is 1. The number of allylic oxidation sites excluding steroid dienone is 2. The number of hydrogen-bond acceptors (Lipinski definition) is 8. The number of aliphatic hydroxyl groups is 1. The summed E-state index contributed by atoms with van der Waals surface area (Å²) in [5.74, 6) is 1.71. The topological polar surface area (TPSA) is 126 Å². The van der Waals surface area contributed by atoms with E-state index in [0.29, 0.717) is 40.0 Å². The zero-order valence-corrected chi connectivity index (χ0v) is 19.5. The molecule has 1 atom stereocenters. The van der Waals surface area contributed by atoms with Crippen LogP contribution in [0.2, 0.25) is 0 Å². The number of benzene rings is 1. The van der Waals surface area contributed by atoms with Gasteiger partial charge < -0.3 is 24.8 Å². The predicted molar refractivity (Wildman–Crippen MR) is 127 cm³/mol. The van der Waals surface area contributed by atoms with E-state index < -0.39 is 6.23 Å². The number of nitrogens with zero attached hydrogens (tertiary/aromatic N) is 5. The Morgan fingerprint density at radius 1 is 1.26 bits per heavy atom. The molecule has 0 saturated heterocycles. The number of anilines is 1. The van der Waals surface area contributed by atoms with Crippen molar-refractivity contribution >= 4 is 22.8 Å². The third kappa shape index (κ3) is 4.41. The van der Waals surface area contributed by atoms with E-state index in [1.807, 2.05) is 12.3 Å². The zero-order chi connectivity index (χ0) is 24.7. The lowest BCUT2D eigenvalue weighted by atomic mass is 10.1. The third-order valence-electron chi connectivity index (χ3n) is 5.89. The van der Waals surface area contributed by atoms with Crippen molar-refractivity contribution in [2.45, 2.75) is 26.0 Å². The number of pyridine rings is 1. The Kier molecular flexibility index (Phi) is 5.62. The minimum absolute atomic E-state index is 0.250. The molecule has 0 spiro atoms. The monoisotopic (exact) mass is 472 g/mol. The number of imidazole rings is 1. The molecule has 35 heavy (non-hydrogen) atoms. The molecule has 0 radical (unpaired) electrons. The molecule has 10 nitrogen and oxygen atoms in total. The number of fused-ring (bicyclic) bond motifs is 1. The van der Waals surface area contributed by atoms with Gasteiger partial charge in [-0.1, -0.05) is 0 Å². The molecule has 1 unspecified atom stereocenters. The number of rotatable bonds is 6. The smallest absolute Gasteiger partial charge is 0.302 e. The number of nitriles is 1. The Hall–Kier alpha value is -4.36. The maximum atomic E-state index is 11.3. The molecular weight excluding hydrogens is 448 g/mol. The second kappa shape index (κ2) is 8.77. The molecule has 2 N–H and O–H groups in total. The van der Waals surface area contributed by atoms with Crippen LogP contribution < -0.4 is 14.8 Å². The van der Waals surface area contributed by atoms with Gasteiger partial charge in [-0.05, 0) is 48.6 Å². The molecule has 0 bridgehead atoms. The summed E-state index contributed by atoms with van der Waals surface area (Å²) in [6.45, 7) is 1.39. The van der Waals surface area contributed by atoms with Crippen LogP contribution in [0.4, 0.5) is 5.82 Å². The zero-order valence-electron chi connectivity index (χ0n) is 19.5. The van der Waals surface area contributed by atoms with E-state index in [2.05, 4.69) is 21.4 Å². The number of likely N-dealkylation sites (N-methyl/N-ethyl adjacent to an activating group) is 1. The third-order valence-corrected chi connectivity index (χ3v) is 5.89. The van der Waals surface area contributed by atoms with Gasteiger partial charge in [-0.2, -0.15) is 10.2 Å². The number of ether oxygens (including phenoxy) is 2. The van der Waals surface area contributed by atoms with Crippen molar-refractivity contribution in [3.63, 3.8) is 0 Å². The Bertz CT molecular complexity index is 1430. The number of nitrogens with one attached hydrogen (secondary N) is 1. The first-order valence-corrected chi connectivity index (χ1v) is 11.2. The molecule has 3 aromatic rings. The second-order valence-corrected chi connectivity index (χ2v) is 8.62. The summed E-state index contributed by atoms with van der Waals surface area (Å²) in [5, 5.41) is 23.2. The minimum atomic E-state index is -0.934. The van der Waals surface area contributed by atoms with Crippen molar-refractivity contribution in [3.05, 3.63) is 59.6 Å².